The van der Waals surface area contributed by atoms with Crippen molar-refractivity contribution in [3.05, 3.63) is 215 Å². The van der Waals surface area contributed by atoms with Crippen molar-refractivity contribution in [2.24, 2.45) is 0 Å². The number of alkyl halides is 3. The first kappa shape index (κ1) is 52.0. The second kappa shape index (κ2) is 18.1. The molecule has 0 bridgehead atoms. The summed E-state index contributed by atoms with van der Waals surface area (Å²) in [5.74, 6) is 0. The van der Waals surface area contributed by atoms with Crippen molar-refractivity contribution in [1.82, 2.24) is 4.57 Å². The number of hydrogen-bond acceptors (Lipinski definition) is 2. The molecule has 0 N–H and O–H groups in total. The van der Waals surface area contributed by atoms with Gasteiger partial charge >= 0.3 is 6.18 Å². The van der Waals surface area contributed by atoms with E-state index in [-0.39, 0.29) is 33.9 Å². The van der Waals surface area contributed by atoms with Crippen LogP contribution in [0.15, 0.2) is 182 Å². The van der Waals surface area contributed by atoms with E-state index in [1.165, 1.54) is 44.7 Å². The molecular weight excluding hydrogens is 975 g/mol. The molecule has 0 fully saturated rings. The molecule has 2 aliphatic heterocycles. The summed E-state index contributed by atoms with van der Waals surface area (Å²) in [7, 11) is 0. The highest BCUT2D eigenvalue weighted by Crippen LogP contribution is 2.50. The van der Waals surface area contributed by atoms with E-state index < -0.39 is 11.7 Å². The Morgan fingerprint density at radius 1 is 0.367 bits per heavy atom. The fraction of sp³-hybridized carbons (Fsp3) is 0.250. The van der Waals surface area contributed by atoms with E-state index in [0.717, 1.165) is 67.1 Å². The minimum Gasteiger partial charge on any atom is -0.311 e. The Morgan fingerprint density at radius 3 is 1.33 bits per heavy atom. The van der Waals surface area contributed by atoms with Crippen LogP contribution in [-0.2, 0) is 27.8 Å². The maximum absolute atomic E-state index is 14.9. The molecule has 10 aromatic rings. The highest BCUT2D eigenvalue weighted by atomic mass is 19.4. The van der Waals surface area contributed by atoms with E-state index in [2.05, 4.69) is 231 Å². The number of nitrogens with zero attached hydrogens (tertiary/aromatic N) is 3. The summed E-state index contributed by atoms with van der Waals surface area (Å²) in [4.78, 5) is 5.08. The van der Waals surface area contributed by atoms with Gasteiger partial charge in [-0.05, 0) is 163 Å². The first-order valence-corrected chi connectivity index (χ1v) is 27.8. The zero-order valence-electron chi connectivity index (χ0n) is 47.9. The third-order valence-electron chi connectivity index (χ3n) is 16.6. The zero-order valence-corrected chi connectivity index (χ0v) is 47.9. The summed E-state index contributed by atoms with van der Waals surface area (Å²) in [5, 5.41) is 2.03. The number of benzene rings is 9. The van der Waals surface area contributed by atoms with Gasteiger partial charge in [0.15, 0.2) is 0 Å². The van der Waals surface area contributed by atoms with E-state index >= 15 is 0 Å². The van der Waals surface area contributed by atoms with Gasteiger partial charge in [-0.25, -0.2) is 0 Å². The third kappa shape index (κ3) is 8.85. The largest absolute Gasteiger partial charge is 0.417 e. The van der Waals surface area contributed by atoms with Gasteiger partial charge in [0.1, 0.15) is 0 Å². The number of anilines is 6. The number of rotatable bonds is 5. The summed E-state index contributed by atoms with van der Waals surface area (Å²) in [6.07, 6.45) is -4.54. The molecule has 79 heavy (non-hydrogen) atoms. The van der Waals surface area contributed by atoms with Crippen LogP contribution < -0.4 is 26.2 Å². The van der Waals surface area contributed by atoms with Crippen molar-refractivity contribution in [1.29, 1.82) is 0 Å². The first-order chi connectivity index (χ1) is 37.3. The molecule has 0 spiro atoms. The van der Waals surface area contributed by atoms with E-state index in [1.807, 2.05) is 30.3 Å². The van der Waals surface area contributed by atoms with Gasteiger partial charge in [0.05, 0.1) is 22.3 Å². The predicted molar refractivity (Wildman–Crippen MR) is 330 cm³/mol. The number of aryl methyl sites for hydroxylation is 1. The first-order valence-electron chi connectivity index (χ1n) is 27.8. The van der Waals surface area contributed by atoms with Crippen LogP contribution in [0.5, 0.6) is 0 Å². The molecule has 0 unspecified atom stereocenters. The summed E-state index contributed by atoms with van der Waals surface area (Å²) in [6, 6.07) is 64.4. The maximum Gasteiger partial charge on any atom is 0.417 e. The lowest BCUT2D eigenvalue weighted by molar-refractivity contribution is -0.137. The van der Waals surface area contributed by atoms with Crippen LogP contribution in [0, 0.1) is 6.92 Å². The topological polar surface area (TPSA) is 11.4 Å². The van der Waals surface area contributed by atoms with Crippen LogP contribution in [0.1, 0.15) is 116 Å². The van der Waals surface area contributed by atoms with Crippen molar-refractivity contribution in [2.45, 2.75) is 118 Å². The molecule has 0 aliphatic carbocycles. The molecular formula is C72H69BF3N3. The molecule has 0 saturated carbocycles. The average molecular weight is 1040 g/mol. The summed E-state index contributed by atoms with van der Waals surface area (Å²) < 4.78 is 46.9. The van der Waals surface area contributed by atoms with E-state index in [4.69, 9.17) is 0 Å². The van der Waals surface area contributed by atoms with Crippen LogP contribution in [0.3, 0.4) is 0 Å². The molecule has 7 heteroatoms. The average Bonchev–Trinajstić information content (AvgIpc) is 3.00. The number of hydrogen-bond donors (Lipinski definition) is 0. The molecule has 1 aromatic heterocycles. The Bertz CT molecular complexity index is 3880. The second-order valence-corrected chi connectivity index (χ2v) is 26.3. The molecule has 3 heterocycles. The van der Waals surface area contributed by atoms with Crippen molar-refractivity contribution in [3.63, 3.8) is 0 Å². The SMILES string of the molecule is Cc1ccc(-c2ccccc2-n2c3ccccc3c3cc(-c4cc5c6c(c4)N(c4cc(C(C)(C)C)cc(C(C)(C)C)c4)c4ccccc4B6c4ccccc4N5c4cc(C(C)(C)C)cc(C(C)(C)C)c4)ccc32)c(C(F)(F)F)c1. The number of halogens is 3. The van der Waals surface area contributed by atoms with Crippen LogP contribution >= 0.6 is 0 Å². The standard InChI is InChI=1S/C72H69BF3N3/c1-44-30-32-53(57(34-44)72(74,75)76)54-22-14-18-26-60(54)79-61-27-19-15-23-55(61)56-35-45(31-33-62(56)79)46-36-65-67-66(37-46)78(52-42-49(70(8,9)10)39-50(43-52)71(11,12)13)64-29-21-17-25-59(64)73(67)58-24-16-20-28-63(58)77(65)51-40-47(68(2,3)4)38-48(41-51)69(5,6)7/h14-43H,1-13H3. The van der Waals surface area contributed by atoms with Gasteiger partial charge in [-0.2, -0.15) is 13.2 Å². The summed E-state index contributed by atoms with van der Waals surface area (Å²) in [6.45, 7) is 29.3. The van der Waals surface area contributed by atoms with Crippen LogP contribution in [-0.4, -0.2) is 11.3 Å². The van der Waals surface area contributed by atoms with Gasteiger partial charge in [0, 0.05) is 50.5 Å². The Kier molecular flexibility index (Phi) is 11.9. The fourth-order valence-electron chi connectivity index (χ4n) is 12.3. The van der Waals surface area contributed by atoms with Gasteiger partial charge in [-0.15, -0.1) is 0 Å². The quantitative estimate of drug-likeness (QED) is 0.159. The van der Waals surface area contributed by atoms with Crippen LogP contribution in [0.4, 0.5) is 47.3 Å². The van der Waals surface area contributed by atoms with E-state index in [1.54, 1.807) is 19.1 Å². The molecule has 3 nitrogen and oxygen atoms in total. The molecule has 0 amide bonds. The lowest BCUT2D eigenvalue weighted by Crippen LogP contribution is -2.61. The van der Waals surface area contributed by atoms with E-state index in [9.17, 15) is 13.2 Å². The van der Waals surface area contributed by atoms with Gasteiger partial charge in [-0.3, -0.25) is 0 Å². The lowest BCUT2D eigenvalue weighted by Gasteiger charge is -2.45. The van der Waals surface area contributed by atoms with Crippen molar-refractivity contribution in [2.75, 3.05) is 9.80 Å². The molecule has 0 saturated heterocycles. The highest BCUT2D eigenvalue weighted by Gasteiger charge is 2.44. The van der Waals surface area contributed by atoms with Gasteiger partial charge in [0.25, 0.3) is 6.71 Å². The van der Waals surface area contributed by atoms with E-state index in [0.29, 0.717) is 16.8 Å². The van der Waals surface area contributed by atoms with Crippen LogP contribution in [0.25, 0.3) is 49.7 Å². The molecule has 9 aromatic carbocycles. The third-order valence-corrected chi connectivity index (χ3v) is 16.6. The molecule has 2 aliphatic rings. The van der Waals surface area contributed by atoms with Crippen molar-refractivity contribution in [3.8, 4) is 27.9 Å². The Morgan fingerprint density at radius 2 is 0.823 bits per heavy atom. The molecule has 0 radical (unpaired) electrons. The van der Waals surface area contributed by atoms with Gasteiger partial charge < -0.3 is 14.4 Å². The zero-order chi connectivity index (χ0) is 55.9. The second-order valence-electron chi connectivity index (χ2n) is 26.3. The number of para-hydroxylation sites is 4. The van der Waals surface area contributed by atoms with Gasteiger partial charge in [-0.1, -0.05) is 192 Å². The molecule has 12 rings (SSSR count). The number of fused-ring (bicyclic) bond motifs is 7. The summed E-state index contributed by atoms with van der Waals surface area (Å²) in [5.41, 5.74) is 20.4. The Labute approximate surface area is 465 Å². The fourth-order valence-corrected chi connectivity index (χ4v) is 12.3. The van der Waals surface area contributed by atoms with Crippen molar-refractivity contribution >= 4 is 79.0 Å². The Hall–Kier alpha value is -7.77. The maximum atomic E-state index is 14.9. The highest BCUT2D eigenvalue weighted by molar-refractivity contribution is 7.00. The Balaban J connectivity index is 1.17. The molecule has 0 atom stereocenters. The minimum absolute atomic E-state index is 0.0633. The summed E-state index contributed by atoms with van der Waals surface area (Å²) >= 11 is 0. The minimum atomic E-state index is -4.54. The lowest BCUT2D eigenvalue weighted by atomic mass is 9.33. The predicted octanol–water partition coefficient (Wildman–Crippen LogP) is 18.7. The van der Waals surface area contributed by atoms with Crippen molar-refractivity contribution < 1.29 is 13.2 Å². The normalized spacial score (nSPS) is 13.7. The molecule has 396 valence electrons. The van der Waals surface area contributed by atoms with Crippen LogP contribution in [0.2, 0.25) is 0 Å². The number of aromatic nitrogens is 1. The smallest absolute Gasteiger partial charge is 0.311 e. The monoisotopic (exact) mass is 1040 g/mol. The van der Waals surface area contributed by atoms with Gasteiger partial charge in [0.2, 0.25) is 0 Å².